The lowest BCUT2D eigenvalue weighted by Gasteiger charge is -2.49. The van der Waals surface area contributed by atoms with E-state index in [2.05, 4.69) is 11.9 Å². The molecule has 0 aromatic rings. The molecule has 0 saturated carbocycles. The summed E-state index contributed by atoms with van der Waals surface area (Å²) in [7, 11) is 0. The van der Waals surface area contributed by atoms with Crippen LogP contribution in [-0.2, 0) is 9.47 Å². The summed E-state index contributed by atoms with van der Waals surface area (Å²) in [6, 6.07) is 0. The summed E-state index contributed by atoms with van der Waals surface area (Å²) in [6.07, 6.45) is 1.06. The van der Waals surface area contributed by atoms with Gasteiger partial charge in [0.25, 0.3) is 0 Å². The van der Waals surface area contributed by atoms with Crippen LogP contribution >= 0.6 is 0 Å². The Labute approximate surface area is 131 Å². The minimum Gasteiger partial charge on any atom is -0.445 e. The molecule has 1 heterocycles. The molecule has 7 heteroatoms. The largest absolute Gasteiger partial charge is 0.445 e. The predicted molar refractivity (Wildman–Crippen MR) is 81.5 cm³/mol. The van der Waals surface area contributed by atoms with Gasteiger partial charge in [-0.05, 0) is 27.2 Å². The fraction of sp³-hybridized carbons (Fsp3) is 0.733. The normalized spacial score (nSPS) is 16.5. The van der Waals surface area contributed by atoms with Gasteiger partial charge >= 0.3 is 12.2 Å². The van der Waals surface area contributed by atoms with E-state index in [1.54, 1.807) is 4.90 Å². The predicted octanol–water partition coefficient (Wildman–Crippen LogP) is 1.52. The zero-order valence-electron chi connectivity index (χ0n) is 13.6. The van der Waals surface area contributed by atoms with Gasteiger partial charge in [0.05, 0.1) is 0 Å². The lowest BCUT2D eigenvalue weighted by atomic mass is 9.77. The maximum Gasteiger partial charge on any atom is 0.410 e. The van der Waals surface area contributed by atoms with Gasteiger partial charge in [-0.15, -0.1) is 0 Å². The van der Waals surface area contributed by atoms with Crippen molar-refractivity contribution in [2.24, 2.45) is 5.41 Å². The summed E-state index contributed by atoms with van der Waals surface area (Å²) in [5.41, 5.74) is -0.877. The minimum atomic E-state index is -0.543. The second-order valence-corrected chi connectivity index (χ2v) is 6.55. The number of amides is 2. The maximum atomic E-state index is 11.9. The maximum absolute atomic E-state index is 11.9. The fourth-order valence-electron chi connectivity index (χ4n) is 2.26. The highest BCUT2D eigenvalue weighted by molar-refractivity contribution is 5.70. The first-order valence-electron chi connectivity index (χ1n) is 7.32. The molecule has 2 N–H and O–H groups in total. The summed E-state index contributed by atoms with van der Waals surface area (Å²) < 4.78 is 10.1. The third kappa shape index (κ3) is 5.55. The number of nitrogens with zero attached hydrogens (tertiary/aromatic N) is 1. The van der Waals surface area contributed by atoms with Crippen LogP contribution in [0.4, 0.5) is 9.59 Å². The van der Waals surface area contributed by atoms with Crippen LogP contribution in [0.25, 0.3) is 0 Å². The molecule has 2 amide bonds. The van der Waals surface area contributed by atoms with E-state index in [4.69, 9.17) is 9.47 Å². The Kier molecular flexibility index (Phi) is 6.22. The second-order valence-electron chi connectivity index (χ2n) is 6.55. The molecule has 1 rings (SSSR count). The van der Waals surface area contributed by atoms with Crippen molar-refractivity contribution in [3.63, 3.8) is 0 Å². The Morgan fingerprint density at radius 3 is 2.55 bits per heavy atom. The van der Waals surface area contributed by atoms with Crippen LogP contribution < -0.4 is 5.32 Å². The number of likely N-dealkylation sites (tertiary alicyclic amines) is 1. The number of alkyl carbamates (subject to hydrolysis) is 1. The van der Waals surface area contributed by atoms with Crippen molar-refractivity contribution in [1.82, 2.24) is 10.2 Å². The summed E-state index contributed by atoms with van der Waals surface area (Å²) in [4.78, 5) is 24.9. The monoisotopic (exact) mass is 314 g/mol. The van der Waals surface area contributed by atoms with Gasteiger partial charge in [-0.3, -0.25) is 0 Å². The van der Waals surface area contributed by atoms with Crippen molar-refractivity contribution >= 4 is 12.2 Å². The first kappa shape index (κ1) is 18.3. The van der Waals surface area contributed by atoms with Crippen molar-refractivity contribution in [2.75, 3.05) is 32.8 Å². The SMILES string of the molecule is C=CCOC(=O)NCC1(CCO)CN(C(=O)OC(C)(C)C)C1. The molecule has 0 bridgehead atoms. The van der Waals surface area contributed by atoms with Crippen molar-refractivity contribution in [3.8, 4) is 0 Å². The molecule has 7 nitrogen and oxygen atoms in total. The van der Waals surface area contributed by atoms with E-state index in [1.165, 1.54) is 6.08 Å². The second kappa shape index (κ2) is 7.49. The van der Waals surface area contributed by atoms with Crippen LogP contribution in [0.2, 0.25) is 0 Å². The van der Waals surface area contributed by atoms with Gasteiger partial charge in [-0.1, -0.05) is 12.7 Å². The lowest BCUT2D eigenvalue weighted by molar-refractivity contribution is -0.0416. The van der Waals surface area contributed by atoms with E-state index in [9.17, 15) is 14.7 Å². The number of rotatable bonds is 6. The van der Waals surface area contributed by atoms with E-state index < -0.39 is 11.7 Å². The highest BCUT2D eigenvalue weighted by atomic mass is 16.6. The van der Waals surface area contributed by atoms with Crippen molar-refractivity contribution in [3.05, 3.63) is 12.7 Å². The van der Waals surface area contributed by atoms with Crippen LogP contribution in [0.15, 0.2) is 12.7 Å². The van der Waals surface area contributed by atoms with Gasteiger partial charge in [-0.2, -0.15) is 0 Å². The molecule has 0 atom stereocenters. The Balaban J connectivity index is 2.46. The van der Waals surface area contributed by atoms with Crippen LogP contribution in [0.5, 0.6) is 0 Å². The molecule has 22 heavy (non-hydrogen) atoms. The average molecular weight is 314 g/mol. The first-order valence-corrected chi connectivity index (χ1v) is 7.32. The molecule has 0 aromatic carbocycles. The molecule has 0 spiro atoms. The van der Waals surface area contributed by atoms with Crippen LogP contribution in [0.3, 0.4) is 0 Å². The van der Waals surface area contributed by atoms with E-state index in [0.717, 1.165) is 0 Å². The zero-order chi connectivity index (χ0) is 16.8. The number of hydrogen-bond acceptors (Lipinski definition) is 5. The highest BCUT2D eigenvalue weighted by Gasteiger charge is 2.46. The van der Waals surface area contributed by atoms with Crippen LogP contribution in [0, 0.1) is 5.41 Å². The number of carbonyl (C=O) groups excluding carboxylic acids is 2. The van der Waals surface area contributed by atoms with Crippen molar-refractivity contribution < 1.29 is 24.2 Å². The highest BCUT2D eigenvalue weighted by Crippen LogP contribution is 2.34. The topological polar surface area (TPSA) is 88.1 Å². The fourth-order valence-corrected chi connectivity index (χ4v) is 2.26. The Bertz CT molecular complexity index is 411. The van der Waals surface area contributed by atoms with Crippen LogP contribution in [-0.4, -0.2) is 60.6 Å². The van der Waals surface area contributed by atoms with Gasteiger partial charge in [-0.25, -0.2) is 9.59 Å². The van der Waals surface area contributed by atoms with Crippen LogP contribution in [0.1, 0.15) is 27.2 Å². The number of hydrogen-bond donors (Lipinski definition) is 2. The third-order valence-electron chi connectivity index (χ3n) is 3.29. The van der Waals surface area contributed by atoms with E-state index in [1.807, 2.05) is 20.8 Å². The zero-order valence-corrected chi connectivity index (χ0v) is 13.6. The molecule has 126 valence electrons. The standard InChI is InChI=1S/C15H26N2O5/c1-5-8-21-12(19)16-9-15(6-7-18)10-17(11-15)13(20)22-14(2,3)4/h5,18H,1,6-11H2,2-4H3,(H,16,19). The van der Waals surface area contributed by atoms with E-state index in [-0.39, 0.29) is 24.7 Å². The summed E-state index contributed by atoms with van der Waals surface area (Å²) >= 11 is 0. The van der Waals surface area contributed by atoms with E-state index >= 15 is 0 Å². The molecular weight excluding hydrogens is 288 g/mol. The average Bonchev–Trinajstić information content (AvgIpc) is 2.36. The first-order chi connectivity index (χ1) is 10.2. The number of nitrogens with one attached hydrogen (secondary N) is 1. The number of aliphatic hydroxyl groups is 1. The van der Waals surface area contributed by atoms with Gasteiger partial charge < -0.3 is 24.8 Å². The van der Waals surface area contributed by atoms with Gasteiger partial charge in [0.1, 0.15) is 12.2 Å². The number of carbonyl (C=O) groups is 2. The molecule has 1 aliphatic heterocycles. The Hall–Kier alpha value is -1.76. The molecule has 0 aromatic heterocycles. The summed E-state index contributed by atoms with van der Waals surface area (Å²) in [5, 5.41) is 11.8. The molecule has 0 unspecified atom stereocenters. The number of aliphatic hydroxyl groups excluding tert-OH is 1. The smallest absolute Gasteiger partial charge is 0.410 e. The summed E-state index contributed by atoms with van der Waals surface area (Å²) in [6.45, 7) is 10.2. The van der Waals surface area contributed by atoms with Crippen molar-refractivity contribution in [1.29, 1.82) is 0 Å². The molecular formula is C15H26N2O5. The van der Waals surface area contributed by atoms with Gasteiger partial charge in [0, 0.05) is 31.7 Å². The lowest BCUT2D eigenvalue weighted by Crippen LogP contribution is -2.63. The third-order valence-corrected chi connectivity index (χ3v) is 3.29. The molecule has 1 fully saturated rings. The van der Waals surface area contributed by atoms with E-state index in [0.29, 0.717) is 26.1 Å². The summed E-state index contributed by atoms with van der Waals surface area (Å²) in [5.74, 6) is 0. The Morgan fingerprint density at radius 1 is 1.41 bits per heavy atom. The molecule has 0 radical (unpaired) electrons. The number of ether oxygens (including phenoxy) is 2. The van der Waals surface area contributed by atoms with Gasteiger partial charge in [0.15, 0.2) is 0 Å². The van der Waals surface area contributed by atoms with Crippen molar-refractivity contribution in [2.45, 2.75) is 32.8 Å². The van der Waals surface area contributed by atoms with Gasteiger partial charge in [0.2, 0.25) is 0 Å². The Morgan fingerprint density at radius 2 is 2.05 bits per heavy atom. The molecule has 1 aliphatic rings. The molecule has 0 aliphatic carbocycles. The quantitative estimate of drug-likeness (QED) is 0.726. The molecule has 1 saturated heterocycles. The minimum absolute atomic E-state index is 0.00839.